The summed E-state index contributed by atoms with van der Waals surface area (Å²) >= 11 is 0. The Hall–Kier alpha value is -1.76. The number of carboxylic acid groups (broad SMARTS) is 1. The third kappa shape index (κ3) is 3.29. The fourth-order valence-electron chi connectivity index (χ4n) is 3.48. The molecule has 1 aromatic rings. The molecule has 23 heavy (non-hydrogen) atoms. The molecule has 1 N–H and O–H groups in total. The molecule has 0 saturated carbocycles. The number of alkyl halides is 3. The Morgan fingerprint density at radius 1 is 1.30 bits per heavy atom. The molecule has 4 nitrogen and oxygen atoms in total. The maximum Gasteiger partial charge on any atom is 0.416 e. The van der Waals surface area contributed by atoms with Gasteiger partial charge in [0.15, 0.2) is 0 Å². The van der Waals surface area contributed by atoms with Crippen molar-refractivity contribution in [3.05, 3.63) is 35.4 Å². The zero-order valence-corrected chi connectivity index (χ0v) is 12.5. The summed E-state index contributed by atoms with van der Waals surface area (Å²) in [7, 11) is 0. The van der Waals surface area contributed by atoms with Gasteiger partial charge < -0.3 is 14.7 Å². The van der Waals surface area contributed by atoms with Crippen molar-refractivity contribution in [2.75, 3.05) is 19.7 Å². The zero-order valence-electron chi connectivity index (χ0n) is 12.5. The number of benzene rings is 1. The van der Waals surface area contributed by atoms with E-state index in [-0.39, 0.29) is 5.92 Å². The van der Waals surface area contributed by atoms with Crippen molar-refractivity contribution in [3.63, 3.8) is 0 Å². The Bertz CT molecular complexity index is 594. The van der Waals surface area contributed by atoms with Crippen LogP contribution in [0.5, 0.6) is 0 Å². The molecule has 2 aliphatic rings. The van der Waals surface area contributed by atoms with Crippen molar-refractivity contribution < 1.29 is 27.8 Å². The lowest BCUT2D eigenvalue weighted by Crippen LogP contribution is -2.45. The topological polar surface area (TPSA) is 49.8 Å². The number of hydrogen-bond acceptors (Lipinski definition) is 2. The van der Waals surface area contributed by atoms with Crippen molar-refractivity contribution in [1.29, 1.82) is 0 Å². The Morgan fingerprint density at radius 2 is 2.00 bits per heavy atom. The van der Waals surface area contributed by atoms with E-state index < -0.39 is 23.4 Å². The highest BCUT2D eigenvalue weighted by molar-refractivity contribution is 5.65. The van der Waals surface area contributed by atoms with Crippen LogP contribution in [0.3, 0.4) is 0 Å². The van der Waals surface area contributed by atoms with Gasteiger partial charge in [0.2, 0.25) is 0 Å². The molecule has 1 amide bonds. The minimum absolute atomic E-state index is 0.0753. The average Bonchev–Trinajstić information content (AvgIpc) is 2.91. The molecule has 126 valence electrons. The SMILES string of the molecule is O=C(O)N1CCC2(CC1)CC(c1cccc(C(F)(F)F)c1)CO2. The molecule has 2 aliphatic heterocycles. The van der Waals surface area contributed by atoms with Gasteiger partial charge in [-0.3, -0.25) is 0 Å². The summed E-state index contributed by atoms with van der Waals surface area (Å²) < 4.78 is 44.4. The summed E-state index contributed by atoms with van der Waals surface area (Å²) in [6, 6.07) is 5.39. The lowest BCUT2D eigenvalue weighted by atomic mass is 9.83. The highest BCUT2D eigenvalue weighted by Crippen LogP contribution is 2.43. The normalized spacial score (nSPS) is 24.1. The van der Waals surface area contributed by atoms with Crippen molar-refractivity contribution in [2.45, 2.75) is 37.0 Å². The molecule has 3 rings (SSSR count). The predicted molar refractivity (Wildman–Crippen MR) is 76.3 cm³/mol. The molecular weight excluding hydrogens is 311 g/mol. The van der Waals surface area contributed by atoms with Crippen LogP contribution < -0.4 is 0 Å². The second kappa shape index (κ2) is 5.70. The van der Waals surface area contributed by atoms with E-state index in [0.29, 0.717) is 44.5 Å². The van der Waals surface area contributed by atoms with E-state index >= 15 is 0 Å². The van der Waals surface area contributed by atoms with E-state index in [1.54, 1.807) is 6.07 Å². The molecule has 1 spiro atoms. The Kier molecular flexibility index (Phi) is 4.00. The second-order valence-electron chi connectivity index (χ2n) is 6.29. The number of likely N-dealkylation sites (tertiary alicyclic amines) is 1. The molecule has 0 aliphatic carbocycles. The number of piperidine rings is 1. The summed E-state index contributed by atoms with van der Waals surface area (Å²) in [6.45, 7) is 1.20. The van der Waals surface area contributed by atoms with E-state index in [9.17, 15) is 18.0 Å². The van der Waals surface area contributed by atoms with Gasteiger partial charge in [0, 0.05) is 19.0 Å². The number of rotatable bonds is 1. The molecule has 2 heterocycles. The first-order chi connectivity index (χ1) is 10.8. The van der Waals surface area contributed by atoms with Gasteiger partial charge in [-0.25, -0.2) is 4.79 Å². The molecule has 2 fully saturated rings. The lowest BCUT2D eigenvalue weighted by molar-refractivity contribution is -0.137. The van der Waals surface area contributed by atoms with Crippen LogP contribution in [0.25, 0.3) is 0 Å². The Morgan fingerprint density at radius 3 is 2.61 bits per heavy atom. The number of carbonyl (C=O) groups is 1. The van der Waals surface area contributed by atoms with Crippen LogP contribution in [-0.4, -0.2) is 41.4 Å². The highest BCUT2D eigenvalue weighted by Gasteiger charge is 2.44. The van der Waals surface area contributed by atoms with Gasteiger partial charge >= 0.3 is 12.3 Å². The number of hydrogen-bond donors (Lipinski definition) is 1. The molecule has 0 bridgehead atoms. The van der Waals surface area contributed by atoms with E-state index in [1.807, 2.05) is 0 Å². The Labute approximate surface area is 131 Å². The summed E-state index contributed by atoms with van der Waals surface area (Å²) in [5, 5.41) is 8.98. The lowest BCUT2D eigenvalue weighted by Gasteiger charge is -2.37. The molecule has 1 aromatic carbocycles. The Balaban J connectivity index is 1.70. The van der Waals surface area contributed by atoms with E-state index in [2.05, 4.69) is 0 Å². The van der Waals surface area contributed by atoms with E-state index in [4.69, 9.17) is 9.84 Å². The maximum atomic E-state index is 12.8. The van der Waals surface area contributed by atoms with Crippen molar-refractivity contribution in [2.24, 2.45) is 0 Å². The first-order valence-electron chi connectivity index (χ1n) is 7.58. The number of amides is 1. The summed E-state index contributed by atoms with van der Waals surface area (Å²) in [4.78, 5) is 12.3. The third-order valence-corrected chi connectivity index (χ3v) is 4.84. The largest absolute Gasteiger partial charge is 0.465 e. The highest BCUT2D eigenvalue weighted by atomic mass is 19.4. The molecule has 0 radical (unpaired) electrons. The summed E-state index contributed by atoms with van der Waals surface area (Å²) in [6.07, 6.45) is -3.46. The van der Waals surface area contributed by atoms with Crippen LogP contribution in [-0.2, 0) is 10.9 Å². The fraction of sp³-hybridized carbons (Fsp3) is 0.562. The maximum absolute atomic E-state index is 12.8. The summed E-state index contributed by atoms with van der Waals surface area (Å²) in [5.41, 5.74) is -0.404. The van der Waals surface area contributed by atoms with Gasteiger partial charge in [0.05, 0.1) is 17.8 Å². The van der Waals surface area contributed by atoms with Gasteiger partial charge in [-0.2, -0.15) is 13.2 Å². The number of ether oxygens (including phenoxy) is 1. The van der Waals surface area contributed by atoms with E-state index in [0.717, 1.165) is 6.07 Å². The molecular formula is C16H18F3NO3. The molecule has 1 unspecified atom stereocenters. The predicted octanol–water partition coefficient (Wildman–Crippen LogP) is 3.72. The molecule has 2 saturated heterocycles. The standard InChI is InChI=1S/C16H18F3NO3/c17-16(18,19)13-3-1-2-11(8-13)12-9-15(23-10-12)4-6-20(7-5-15)14(21)22/h1-3,8,12H,4-7,9-10H2,(H,21,22). The first-order valence-corrected chi connectivity index (χ1v) is 7.58. The first kappa shape index (κ1) is 16.1. The van der Waals surface area contributed by atoms with Crippen LogP contribution in [0, 0.1) is 0 Å². The average molecular weight is 329 g/mol. The zero-order chi connectivity index (χ0) is 16.7. The fourth-order valence-corrected chi connectivity index (χ4v) is 3.48. The summed E-state index contributed by atoms with van der Waals surface area (Å²) in [5.74, 6) is -0.0753. The minimum Gasteiger partial charge on any atom is -0.465 e. The van der Waals surface area contributed by atoms with E-state index in [1.165, 1.54) is 17.0 Å². The van der Waals surface area contributed by atoms with Crippen LogP contribution in [0.15, 0.2) is 24.3 Å². The van der Waals surface area contributed by atoms with Gasteiger partial charge in [0.25, 0.3) is 0 Å². The third-order valence-electron chi connectivity index (χ3n) is 4.84. The van der Waals surface area contributed by atoms with Gasteiger partial charge in [0.1, 0.15) is 0 Å². The van der Waals surface area contributed by atoms with Gasteiger partial charge in [-0.05, 0) is 30.9 Å². The second-order valence-corrected chi connectivity index (χ2v) is 6.29. The smallest absolute Gasteiger partial charge is 0.416 e. The van der Waals surface area contributed by atoms with Crippen molar-refractivity contribution in [1.82, 2.24) is 4.90 Å². The monoisotopic (exact) mass is 329 g/mol. The van der Waals surface area contributed by atoms with Crippen LogP contribution in [0.1, 0.15) is 36.3 Å². The molecule has 1 atom stereocenters. The number of halogens is 3. The minimum atomic E-state index is -4.35. The molecule has 0 aromatic heterocycles. The molecule has 7 heteroatoms. The van der Waals surface area contributed by atoms with Crippen LogP contribution >= 0.6 is 0 Å². The van der Waals surface area contributed by atoms with Crippen molar-refractivity contribution >= 4 is 6.09 Å². The van der Waals surface area contributed by atoms with Crippen LogP contribution in [0.2, 0.25) is 0 Å². The van der Waals surface area contributed by atoms with Gasteiger partial charge in [-0.1, -0.05) is 18.2 Å². The quantitative estimate of drug-likeness (QED) is 0.854. The number of nitrogens with zero attached hydrogens (tertiary/aromatic N) is 1. The van der Waals surface area contributed by atoms with Crippen LogP contribution in [0.4, 0.5) is 18.0 Å². The van der Waals surface area contributed by atoms with Gasteiger partial charge in [-0.15, -0.1) is 0 Å². The van der Waals surface area contributed by atoms with Crippen molar-refractivity contribution in [3.8, 4) is 0 Å².